The predicted molar refractivity (Wildman–Crippen MR) is 77.2 cm³/mol. The highest BCUT2D eigenvalue weighted by Crippen LogP contribution is 2.20. The fraction of sp³-hybridized carbons (Fsp3) is 0.857. The molecule has 2 N–H and O–H groups in total. The number of piperidine rings is 1. The Labute approximate surface area is 125 Å². The molecule has 2 amide bonds. The van der Waals surface area contributed by atoms with Crippen LogP contribution in [-0.2, 0) is 14.3 Å². The molecule has 0 saturated carbocycles. The minimum atomic E-state index is -0.779. The van der Waals surface area contributed by atoms with Crippen molar-refractivity contribution in [3.63, 3.8) is 0 Å². The first-order chi connectivity index (χ1) is 10.1. The highest BCUT2D eigenvalue weighted by molar-refractivity contribution is 5.74. The zero-order valence-electron chi connectivity index (χ0n) is 12.8. The van der Waals surface area contributed by atoms with Gasteiger partial charge in [-0.15, -0.1) is 0 Å². The molecule has 7 nitrogen and oxygen atoms in total. The number of aliphatic carboxylic acids is 1. The number of amides is 2. The number of urea groups is 1. The van der Waals surface area contributed by atoms with Crippen LogP contribution in [-0.4, -0.2) is 68.6 Å². The zero-order chi connectivity index (χ0) is 15.7. The maximum atomic E-state index is 12.1. The van der Waals surface area contributed by atoms with E-state index < -0.39 is 5.97 Å². The molecule has 0 aromatic carbocycles. The minimum Gasteiger partial charge on any atom is -0.481 e. The van der Waals surface area contributed by atoms with Gasteiger partial charge in [-0.05, 0) is 25.2 Å². The van der Waals surface area contributed by atoms with Crippen molar-refractivity contribution < 1.29 is 24.2 Å². The van der Waals surface area contributed by atoms with E-state index in [1.54, 1.807) is 19.1 Å². The summed E-state index contributed by atoms with van der Waals surface area (Å²) < 4.78 is 10.2. The van der Waals surface area contributed by atoms with E-state index in [1.807, 2.05) is 0 Å². The van der Waals surface area contributed by atoms with Crippen LogP contribution >= 0.6 is 0 Å². The minimum absolute atomic E-state index is 0.117. The van der Waals surface area contributed by atoms with E-state index >= 15 is 0 Å². The van der Waals surface area contributed by atoms with Crippen molar-refractivity contribution in [2.75, 3.05) is 40.5 Å². The number of carboxylic acid groups (broad SMARTS) is 1. The third kappa shape index (κ3) is 6.77. The number of carboxylic acids is 1. The van der Waals surface area contributed by atoms with Crippen LogP contribution < -0.4 is 5.32 Å². The molecule has 0 spiro atoms. The highest BCUT2D eigenvalue weighted by Gasteiger charge is 2.24. The van der Waals surface area contributed by atoms with Gasteiger partial charge in [-0.25, -0.2) is 4.79 Å². The van der Waals surface area contributed by atoms with E-state index in [9.17, 15) is 9.59 Å². The fourth-order valence-electron chi connectivity index (χ4n) is 2.52. The molecule has 1 aliphatic rings. The molecule has 2 atom stereocenters. The van der Waals surface area contributed by atoms with Crippen molar-refractivity contribution in [1.82, 2.24) is 10.2 Å². The zero-order valence-corrected chi connectivity index (χ0v) is 12.8. The first-order valence-corrected chi connectivity index (χ1v) is 7.33. The molecule has 0 radical (unpaired) electrons. The van der Waals surface area contributed by atoms with Crippen LogP contribution in [0.2, 0.25) is 0 Å². The lowest BCUT2D eigenvalue weighted by Gasteiger charge is -2.33. The first-order valence-electron chi connectivity index (χ1n) is 7.33. The Hall–Kier alpha value is -1.34. The summed E-state index contributed by atoms with van der Waals surface area (Å²) in [4.78, 5) is 24.5. The van der Waals surface area contributed by atoms with E-state index in [0.717, 1.165) is 19.4 Å². The van der Waals surface area contributed by atoms with Crippen LogP contribution in [0.1, 0.15) is 25.7 Å². The van der Waals surface area contributed by atoms with Gasteiger partial charge in [0.1, 0.15) is 0 Å². The monoisotopic (exact) mass is 302 g/mol. The number of methoxy groups -OCH3 is 2. The second kappa shape index (κ2) is 9.57. The van der Waals surface area contributed by atoms with Gasteiger partial charge in [0.15, 0.2) is 0 Å². The number of ether oxygens (including phenoxy) is 2. The average molecular weight is 302 g/mol. The summed E-state index contributed by atoms with van der Waals surface area (Å²) in [6, 6.07) is -0.117. The van der Waals surface area contributed by atoms with Gasteiger partial charge in [-0.3, -0.25) is 4.79 Å². The Bertz CT molecular complexity index is 337. The van der Waals surface area contributed by atoms with Crippen molar-refractivity contribution in [2.45, 2.75) is 31.8 Å². The van der Waals surface area contributed by atoms with Crippen LogP contribution in [0.5, 0.6) is 0 Å². The molecule has 122 valence electrons. The summed E-state index contributed by atoms with van der Waals surface area (Å²) in [5.41, 5.74) is 0. The summed E-state index contributed by atoms with van der Waals surface area (Å²) in [5.74, 6) is -0.503. The lowest BCUT2D eigenvalue weighted by atomic mass is 9.93. The summed E-state index contributed by atoms with van der Waals surface area (Å²) in [6.07, 6.45) is 2.54. The number of nitrogens with zero attached hydrogens (tertiary/aromatic N) is 1. The Morgan fingerprint density at radius 2 is 2.19 bits per heavy atom. The van der Waals surface area contributed by atoms with Gasteiger partial charge in [0, 0.05) is 40.3 Å². The maximum Gasteiger partial charge on any atom is 0.317 e. The molecule has 1 heterocycles. The number of nitrogens with one attached hydrogen (secondary N) is 1. The van der Waals surface area contributed by atoms with Gasteiger partial charge in [0.05, 0.1) is 12.7 Å². The van der Waals surface area contributed by atoms with Gasteiger partial charge in [0.2, 0.25) is 0 Å². The lowest BCUT2D eigenvalue weighted by Crippen LogP contribution is -2.48. The number of hydrogen-bond acceptors (Lipinski definition) is 4. The molecule has 0 aromatic heterocycles. The number of rotatable bonds is 8. The van der Waals surface area contributed by atoms with E-state index in [4.69, 9.17) is 14.6 Å². The van der Waals surface area contributed by atoms with Crippen molar-refractivity contribution in [2.24, 2.45) is 5.92 Å². The number of likely N-dealkylation sites (tertiary alicyclic amines) is 1. The van der Waals surface area contributed by atoms with Crippen LogP contribution in [0.4, 0.5) is 4.79 Å². The summed E-state index contributed by atoms with van der Waals surface area (Å²) >= 11 is 0. The third-order valence-electron chi connectivity index (χ3n) is 3.74. The smallest absolute Gasteiger partial charge is 0.317 e. The number of carbonyl (C=O) groups excluding carboxylic acids is 1. The molecule has 1 saturated heterocycles. The molecule has 1 aliphatic heterocycles. The number of carbonyl (C=O) groups is 2. The molecule has 7 heteroatoms. The van der Waals surface area contributed by atoms with Gasteiger partial charge >= 0.3 is 12.0 Å². The molecule has 1 rings (SSSR count). The van der Waals surface area contributed by atoms with E-state index in [-0.39, 0.29) is 24.5 Å². The molecule has 1 fully saturated rings. The van der Waals surface area contributed by atoms with Crippen LogP contribution in [0.15, 0.2) is 0 Å². The fourth-order valence-corrected chi connectivity index (χ4v) is 2.52. The van der Waals surface area contributed by atoms with Crippen LogP contribution in [0.25, 0.3) is 0 Å². The summed E-state index contributed by atoms with van der Waals surface area (Å²) in [6.45, 7) is 2.18. The summed E-state index contributed by atoms with van der Waals surface area (Å²) in [5, 5.41) is 11.6. The Kier molecular flexibility index (Phi) is 8.07. The Morgan fingerprint density at radius 1 is 1.43 bits per heavy atom. The van der Waals surface area contributed by atoms with E-state index in [1.165, 1.54) is 0 Å². The molecule has 0 aliphatic carbocycles. The second-order valence-electron chi connectivity index (χ2n) is 5.39. The van der Waals surface area contributed by atoms with Crippen molar-refractivity contribution in [3.05, 3.63) is 0 Å². The first kappa shape index (κ1) is 17.7. The van der Waals surface area contributed by atoms with Crippen molar-refractivity contribution >= 4 is 12.0 Å². The molecular weight excluding hydrogens is 276 g/mol. The van der Waals surface area contributed by atoms with Crippen LogP contribution in [0, 0.1) is 5.92 Å². The number of hydrogen-bond donors (Lipinski definition) is 2. The average Bonchev–Trinajstić information content (AvgIpc) is 2.49. The second-order valence-corrected chi connectivity index (χ2v) is 5.39. The normalized spacial score (nSPS) is 20.1. The highest BCUT2D eigenvalue weighted by atomic mass is 16.5. The predicted octanol–water partition coefficient (Wildman–Crippen LogP) is 0.934. The van der Waals surface area contributed by atoms with Gasteiger partial charge in [0.25, 0.3) is 0 Å². The van der Waals surface area contributed by atoms with E-state index in [2.05, 4.69) is 5.32 Å². The Balaban J connectivity index is 2.34. The quantitative estimate of drug-likeness (QED) is 0.696. The Morgan fingerprint density at radius 3 is 2.81 bits per heavy atom. The van der Waals surface area contributed by atoms with Gasteiger partial charge in [-0.1, -0.05) is 0 Å². The summed E-state index contributed by atoms with van der Waals surface area (Å²) in [7, 11) is 3.17. The standard InChI is InChI=1S/C14H26N2O5/c1-20-10-12(21-2)8-15-14(19)16-7-3-4-11(9-16)5-6-13(17)18/h11-12H,3-10H2,1-2H3,(H,15,19)(H,17,18). The third-order valence-corrected chi connectivity index (χ3v) is 3.74. The maximum absolute atomic E-state index is 12.1. The molecular formula is C14H26N2O5. The van der Waals surface area contributed by atoms with Gasteiger partial charge in [-0.2, -0.15) is 0 Å². The topological polar surface area (TPSA) is 88.1 Å². The SMILES string of the molecule is COCC(CNC(=O)N1CCCC(CCC(=O)O)C1)OC. The molecule has 2 unspecified atom stereocenters. The molecule has 21 heavy (non-hydrogen) atoms. The molecule has 0 aromatic rings. The molecule has 0 bridgehead atoms. The van der Waals surface area contributed by atoms with Gasteiger partial charge < -0.3 is 24.8 Å². The lowest BCUT2D eigenvalue weighted by molar-refractivity contribution is -0.137. The van der Waals surface area contributed by atoms with E-state index in [0.29, 0.717) is 26.1 Å². The largest absolute Gasteiger partial charge is 0.481 e. The van der Waals surface area contributed by atoms with Crippen molar-refractivity contribution in [1.29, 1.82) is 0 Å². The van der Waals surface area contributed by atoms with Crippen molar-refractivity contribution in [3.8, 4) is 0 Å². The van der Waals surface area contributed by atoms with Crippen LogP contribution in [0.3, 0.4) is 0 Å².